The van der Waals surface area contributed by atoms with Crippen LogP contribution in [0.2, 0.25) is 0 Å². The van der Waals surface area contributed by atoms with Crippen molar-refractivity contribution in [1.29, 1.82) is 0 Å². The summed E-state index contributed by atoms with van der Waals surface area (Å²) in [4.78, 5) is 0. The van der Waals surface area contributed by atoms with Crippen LogP contribution in [0.3, 0.4) is 0 Å². The molecule has 1 saturated heterocycles. The molecule has 112 valence electrons. The Morgan fingerprint density at radius 2 is 2.20 bits per heavy atom. The largest absolute Gasteiger partial charge is 0.489 e. The standard InChI is InChI=1S/C16H26N2O2/c1-13-6-7-15(16(11-13)20-10-9-19-2)18-12-14-5-3-4-8-17-14/h6-7,11,14,17-18H,3-5,8-10,12H2,1-2H3. The lowest BCUT2D eigenvalue weighted by atomic mass is 10.0. The van der Waals surface area contributed by atoms with Crippen LogP contribution in [-0.2, 0) is 4.74 Å². The maximum absolute atomic E-state index is 5.79. The minimum absolute atomic E-state index is 0.567. The quantitative estimate of drug-likeness (QED) is 0.752. The third-order valence-corrected chi connectivity index (χ3v) is 3.63. The van der Waals surface area contributed by atoms with Gasteiger partial charge in [0.25, 0.3) is 0 Å². The van der Waals surface area contributed by atoms with E-state index in [1.807, 2.05) is 0 Å². The van der Waals surface area contributed by atoms with Crippen molar-refractivity contribution in [2.45, 2.75) is 32.2 Å². The fraction of sp³-hybridized carbons (Fsp3) is 0.625. The zero-order valence-corrected chi connectivity index (χ0v) is 12.6. The number of aryl methyl sites for hydroxylation is 1. The first-order chi connectivity index (χ1) is 9.79. The van der Waals surface area contributed by atoms with Crippen molar-refractivity contribution >= 4 is 5.69 Å². The average molecular weight is 278 g/mol. The van der Waals surface area contributed by atoms with E-state index in [1.54, 1.807) is 7.11 Å². The minimum atomic E-state index is 0.567. The average Bonchev–Trinajstić information content (AvgIpc) is 2.48. The van der Waals surface area contributed by atoms with Crippen molar-refractivity contribution in [2.75, 3.05) is 38.7 Å². The van der Waals surface area contributed by atoms with Gasteiger partial charge in [-0.05, 0) is 44.0 Å². The Labute approximate surface area is 121 Å². The van der Waals surface area contributed by atoms with Crippen molar-refractivity contribution in [3.8, 4) is 5.75 Å². The summed E-state index contributed by atoms with van der Waals surface area (Å²) in [7, 11) is 1.69. The summed E-state index contributed by atoms with van der Waals surface area (Å²) >= 11 is 0. The lowest BCUT2D eigenvalue weighted by Gasteiger charge is -2.24. The molecule has 1 aromatic rings. The molecule has 0 aliphatic carbocycles. The molecule has 0 amide bonds. The van der Waals surface area contributed by atoms with Gasteiger partial charge >= 0.3 is 0 Å². The van der Waals surface area contributed by atoms with Gasteiger partial charge in [-0.15, -0.1) is 0 Å². The fourth-order valence-electron chi connectivity index (χ4n) is 2.46. The van der Waals surface area contributed by atoms with Gasteiger partial charge in [-0.2, -0.15) is 0 Å². The van der Waals surface area contributed by atoms with Gasteiger partial charge in [0.1, 0.15) is 12.4 Å². The summed E-state index contributed by atoms with van der Waals surface area (Å²) in [6.07, 6.45) is 3.87. The summed E-state index contributed by atoms with van der Waals surface area (Å²) in [6, 6.07) is 6.85. The van der Waals surface area contributed by atoms with Crippen LogP contribution in [0.1, 0.15) is 24.8 Å². The Bertz CT molecular complexity index is 403. The molecule has 0 aromatic heterocycles. The third kappa shape index (κ3) is 4.69. The van der Waals surface area contributed by atoms with E-state index >= 15 is 0 Å². The highest BCUT2D eigenvalue weighted by Gasteiger charge is 2.13. The molecular formula is C16H26N2O2. The van der Waals surface area contributed by atoms with Crippen LogP contribution in [0.5, 0.6) is 5.75 Å². The Hall–Kier alpha value is -1.26. The maximum Gasteiger partial charge on any atom is 0.142 e. The lowest BCUT2D eigenvalue weighted by Crippen LogP contribution is -2.39. The van der Waals surface area contributed by atoms with E-state index in [-0.39, 0.29) is 0 Å². The highest BCUT2D eigenvalue weighted by atomic mass is 16.5. The molecule has 4 nitrogen and oxygen atoms in total. The molecule has 1 atom stereocenters. The predicted molar refractivity (Wildman–Crippen MR) is 82.7 cm³/mol. The highest BCUT2D eigenvalue weighted by molar-refractivity contribution is 5.57. The smallest absolute Gasteiger partial charge is 0.142 e. The summed E-state index contributed by atoms with van der Waals surface area (Å²) < 4.78 is 10.8. The molecule has 0 radical (unpaired) electrons. The first-order valence-corrected chi connectivity index (χ1v) is 7.49. The molecule has 1 aliphatic rings. The summed E-state index contributed by atoms with van der Waals surface area (Å²) in [5, 5.41) is 7.06. The molecule has 2 N–H and O–H groups in total. The van der Waals surface area contributed by atoms with E-state index in [0.717, 1.165) is 24.5 Å². The zero-order chi connectivity index (χ0) is 14.2. The molecule has 1 aliphatic heterocycles. The van der Waals surface area contributed by atoms with Crippen LogP contribution in [0, 0.1) is 6.92 Å². The number of hydrogen-bond donors (Lipinski definition) is 2. The van der Waals surface area contributed by atoms with Crippen LogP contribution in [0.4, 0.5) is 5.69 Å². The van der Waals surface area contributed by atoms with E-state index < -0.39 is 0 Å². The van der Waals surface area contributed by atoms with Gasteiger partial charge in [0.15, 0.2) is 0 Å². The number of piperidine rings is 1. The number of hydrogen-bond acceptors (Lipinski definition) is 4. The molecule has 2 rings (SSSR count). The number of anilines is 1. The molecule has 0 bridgehead atoms. The van der Waals surface area contributed by atoms with Crippen LogP contribution in [-0.4, -0.2) is 39.5 Å². The SMILES string of the molecule is COCCOc1cc(C)ccc1NCC1CCCCN1. The molecule has 1 unspecified atom stereocenters. The van der Waals surface area contributed by atoms with Gasteiger partial charge in [0.05, 0.1) is 12.3 Å². The minimum Gasteiger partial charge on any atom is -0.489 e. The van der Waals surface area contributed by atoms with E-state index in [1.165, 1.54) is 24.8 Å². The van der Waals surface area contributed by atoms with Crippen LogP contribution in [0.25, 0.3) is 0 Å². The van der Waals surface area contributed by atoms with Crippen molar-refractivity contribution in [3.63, 3.8) is 0 Å². The Kier molecular flexibility index (Phi) is 6.15. The number of nitrogens with one attached hydrogen (secondary N) is 2. The first kappa shape index (κ1) is 15.1. The number of rotatable bonds is 7. The van der Waals surface area contributed by atoms with E-state index in [2.05, 4.69) is 35.8 Å². The predicted octanol–water partition coefficient (Wildman–Crippen LogP) is 2.57. The molecule has 0 spiro atoms. The van der Waals surface area contributed by atoms with E-state index in [0.29, 0.717) is 19.3 Å². The van der Waals surface area contributed by atoms with Crippen molar-refractivity contribution in [2.24, 2.45) is 0 Å². The topological polar surface area (TPSA) is 42.5 Å². The Morgan fingerprint density at radius 1 is 1.30 bits per heavy atom. The molecule has 0 saturated carbocycles. The van der Waals surface area contributed by atoms with Gasteiger partial charge in [-0.3, -0.25) is 0 Å². The molecule has 1 fully saturated rings. The second-order valence-electron chi connectivity index (χ2n) is 5.37. The van der Waals surface area contributed by atoms with Crippen LogP contribution in [0.15, 0.2) is 18.2 Å². The first-order valence-electron chi connectivity index (χ1n) is 7.49. The Morgan fingerprint density at radius 3 is 2.95 bits per heavy atom. The fourth-order valence-corrected chi connectivity index (χ4v) is 2.46. The maximum atomic E-state index is 5.79. The normalized spacial score (nSPS) is 18.8. The van der Waals surface area contributed by atoms with Gasteiger partial charge in [-0.25, -0.2) is 0 Å². The number of ether oxygens (including phenoxy) is 2. The molecule has 4 heteroatoms. The monoisotopic (exact) mass is 278 g/mol. The van der Waals surface area contributed by atoms with Crippen molar-refractivity contribution < 1.29 is 9.47 Å². The van der Waals surface area contributed by atoms with E-state index in [9.17, 15) is 0 Å². The third-order valence-electron chi connectivity index (χ3n) is 3.63. The van der Waals surface area contributed by atoms with Gasteiger partial charge in [-0.1, -0.05) is 12.5 Å². The second-order valence-corrected chi connectivity index (χ2v) is 5.37. The highest BCUT2D eigenvalue weighted by Crippen LogP contribution is 2.26. The molecule has 1 aromatic carbocycles. The lowest BCUT2D eigenvalue weighted by molar-refractivity contribution is 0.146. The van der Waals surface area contributed by atoms with E-state index in [4.69, 9.17) is 9.47 Å². The van der Waals surface area contributed by atoms with Crippen LogP contribution >= 0.6 is 0 Å². The van der Waals surface area contributed by atoms with Crippen molar-refractivity contribution in [1.82, 2.24) is 5.32 Å². The molecule has 20 heavy (non-hydrogen) atoms. The zero-order valence-electron chi connectivity index (χ0n) is 12.6. The number of benzene rings is 1. The Balaban J connectivity index is 1.91. The van der Waals surface area contributed by atoms with Crippen LogP contribution < -0.4 is 15.4 Å². The molecular weight excluding hydrogens is 252 g/mol. The van der Waals surface area contributed by atoms with Gasteiger partial charge < -0.3 is 20.1 Å². The van der Waals surface area contributed by atoms with Gasteiger partial charge in [0.2, 0.25) is 0 Å². The number of methoxy groups -OCH3 is 1. The van der Waals surface area contributed by atoms with Gasteiger partial charge in [0, 0.05) is 19.7 Å². The summed E-state index contributed by atoms with van der Waals surface area (Å²) in [5.74, 6) is 0.915. The molecule has 1 heterocycles. The van der Waals surface area contributed by atoms with Crippen molar-refractivity contribution in [3.05, 3.63) is 23.8 Å². The summed E-state index contributed by atoms with van der Waals surface area (Å²) in [6.45, 7) is 5.35. The second kappa shape index (κ2) is 8.12. The summed E-state index contributed by atoms with van der Waals surface area (Å²) in [5.41, 5.74) is 2.28.